The van der Waals surface area contributed by atoms with Crippen LogP contribution in [0.4, 0.5) is 9.18 Å². The molecule has 138 valence electrons. The largest absolute Gasteiger partial charge is 0.489 e. The Morgan fingerprint density at radius 2 is 1.77 bits per heavy atom. The van der Waals surface area contributed by atoms with E-state index >= 15 is 0 Å². The summed E-state index contributed by atoms with van der Waals surface area (Å²) in [7, 11) is 0. The molecule has 0 radical (unpaired) electrons. The van der Waals surface area contributed by atoms with Gasteiger partial charge in [0.15, 0.2) is 0 Å². The van der Waals surface area contributed by atoms with E-state index in [0.717, 1.165) is 17.7 Å². The Labute approximate surface area is 153 Å². The van der Waals surface area contributed by atoms with Crippen LogP contribution in [0.2, 0.25) is 0 Å². The number of rotatable bonds is 5. The standard InChI is InChI=1S/C21H24FNO3/c1-21(2,3)26-20(24)23-19-12-18(19)15-6-10-17(11-7-15)25-13-14-4-8-16(22)9-5-14/h4-11,18-19H,12-13H2,1-3H3,(H,23,24). The highest BCUT2D eigenvalue weighted by molar-refractivity contribution is 5.69. The molecule has 1 aliphatic carbocycles. The molecule has 0 aromatic heterocycles. The number of ether oxygens (including phenoxy) is 2. The van der Waals surface area contributed by atoms with Gasteiger partial charge in [0.1, 0.15) is 23.8 Å². The summed E-state index contributed by atoms with van der Waals surface area (Å²) < 4.78 is 23.9. The van der Waals surface area contributed by atoms with Crippen molar-refractivity contribution in [3.8, 4) is 5.75 Å². The lowest BCUT2D eigenvalue weighted by Gasteiger charge is -2.19. The van der Waals surface area contributed by atoms with E-state index in [1.54, 1.807) is 12.1 Å². The summed E-state index contributed by atoms with van der Waals surface area (Å²) >= 11 is 0. The Morgan fingerprint density at radius 3 is 2.38 bits per heavy atom. The van der Waals surface area contributed by atoms with Crippen LogP contribution in [0.3, 0.4) is 0 Å². The first-order valence-corrected chi connectivity index (χ1v) is 8.77. The molecule has 4 nitrogen and oxygen atoms in total. The molecule has 5 heteroatoms. The molecule has 1 aliphatic rings. The molecule has 0 heterocycles. The van der Waals surface area contributed by atoms with Crippen molar-refractivity contribution in [3.05, 3.63) is 65.5 Å². The van der Waals surface area contributed by atoms with Crippen molar-refractivity contribution in [2.24, 2.45) is 0 Å². The summed E-state index contributed by atoms with van der Waals surface area (Å²) in [6.45, 7) is 5.94. The molecule has 0 bridgehead atoms. The van der Waals surface area contributed by atoms with Crippen LogP contribution in [0.25, 0.3) is 0 Å². The first kappa shape index (κ1) is 18.2. The lowest BCUT2D eigenvalue weighted by molar-refractivity contribution is 0.0523. The molecule has 2 aromatic carbocycles. The first-order valence-electron chi connectivity index (χ1n) is 8.77. The average Bonchev–Trinajstić information content (AvgIpc) is 3.32. The molecule has 2 unspecified atom stereocenters. The number of halogens is 1. The SMILES string of the molecule is CC(C)(C)OC(=O)NC1CC1c1ccc(OCc2ccc(F)cc2)cc1. The fourth-order valence-electron chi connectivity index (χ4n) is 2.74. The molecule has 1 N–H and O–H groups in total. The van der Waals surface area contributed by atoms with Crippen molar-refractivity contribution < 1.29 is 18.7 Å². The molecule has 3 rings (SSSR count). The number of hydrogen-bond acceptors (Lipinski definition) is 3. The van der Waals surface area contributed by atoms with Gasteiger partial charge >= 0.3 is 6.09 Å². The number of carbonyl (C=O) groups excluding carboxylic acids is 1. The van der Waals surface area contributed by atoms with Gasteiger partial charge in [0.25, 0.3) is 0 Å². The molecule has 0 aliphatic heterocycles. The molecule has 1 saturated carbocycles. The zero-order valence-electron chi connectivity index (χ0n) is 15.3. The van der Waals surface area contributed by atoms with E-state index < -0.39 is 5.60 Å². The van der Waals surface area contributed by atoms with E-state index in [0.29, 0.717) is 12.5 Å². The van der Waals surface area contributed by atoms with Crippen molar-refractivity contribution >= 4 is 6.09 Å². The highest BCUT2D eigenvalue weighted by atomic mass is 19.1. The zero-order valence-corrected chi connectivity index (χ0v) is 15.3. The third-order valence-electron chi connectivity index (χ3n) is 4.12. The van der Waals surface area contributed by atoms with Crippen LogP contribution >= 0.6 is 0 Å². The van der Waals surface area contributed by atoms with Gasteiger partial charge in [-0.2, -0.15) is 0 Å². The molecular weight excluding hydrogens is 333 g/mol. The van der Waals surface area contributed by atoms with Gasteiger partial charge in [-0.1, -0.05) is 24.3 Å². The van der Waals surface area contributed by atoms with Gasteiger partial charge in [-0.3, -0.25) is 0 Å². The summed E-state index contributed by atoms with van der Waals surface area (Å²) in [5, 5.41) is 2.90. The van der Waals surface area contributed by atoms with E-state index in [9.17, 15) is 9.18 Å². The highest BCUT2D eigenvalue weighted by Crippen LogP contribution is 2.41. The summed E-state index contributed by atoms with van der Waals surface area (Å²) in [6.07, 6.45) is 0.541. The number of amides is 1. The van der Waals surface area contributed by atoms with E-state index in [1.165, 1.54) is 17.7 Å². The van der Waals surface area contributed by atoms with Crippen molar-refractivity contribution in [1.29, 1.82) is 0 Å². The Balaban J connectivity index is 1.48. The van der Waals surface area contributed by atoms with Crippen molar-refractivity contribution in [2.45, 2.75) is 51.4 Å². The predicted octanol–water partition coefficient (Wildman–Crippen LogP) is 4.79. The fraction of sp³-hybridized carbons (Fsp3) is 0.381. The lowest BCUT2D eigenvalue weighted by atomic mass is 10.1. The van der Waals surface area contributed by atoms with E-state index in [4.69, 9.17) is 9.47 Å². The summed E-state index contributed by atoms with van der Waals surface area (Å²) in [6, 6.07) is 14.3. The minimum Gasteiger partial charge on any atom is -0.489 e. The molecule has 1 fully saturated rings. The highest BCUT2D eigenvalue weighted by Gasteiger charge is 2.40. The minimum atomic E-state index is -0.488. The van der Waals surface area contributed by atoms with Gasteiger partial charge < -0.3 is 14.8 Å². The monoisotopic (exact) mass is 357 g/mol. The summed E-state index contributed by atoms with van der Waals surface area (Å²) in [4.78, 5) is 11.8. The van der Waals surface area contributed by atoms with Crippen molar-refractivity contribution in [3.63, 3.8) is 0 Å². The second-order valence-electron chi connectivity index (χ2n) is 7.58. The number of alkyl carbamates (subject to hydrolysis) is 1. The third kappa shape index (κ3) is 5.22. The smallest absolute Gasteiger partial charge is 0.407 e. The van der Waals surface area contributed by atoms with E-state index in [-0.39, 0.29) is 18.0 Å². The van der Waals surface area contributed by atoms with Crippen LogP contribution in [-0.2, 0) is 11.3 Å². The quantitative estimate of drug-likeness (QED) is 0.837. The minimum absolute atomic E-state index is 0.121. The molecular formula is C21H24FNO3. The average molecular weight is 357 g/mol. The van der Waals surface area contributed by atoms with Gasteiger partial charge in [-0.05, 0) is 62.6 Å². The second-order valence-corrected chi connectivity index (χ2v) is 7.58. The van der Waals surface area contributed by atoms with Gasteiger partial charge in [0, 0.05) is 12.0 Å². The molecule has 2 atom stereocenters. The van der Waals surface area contributed by atoms with Crippen LogP contribution in [0.5, 0.6) is 5.75 Å². The topological polar surface area (TPSA) is 47.6 Å². The fourth-order valence-corrected chi connectivity index (χ4v) is 2.74. The lowest BCUT2D eigenvalue weighted by Crippen LogP contribution is -2.34. The zero-order chi connectivity index (χ0) is 18.7. The molecule has 2 aromatic rings. The van der Waals surface area contributed by atoms with Gasteiger partial charge in [-0.15, -0.1) is 0 Å². The Kier molecular flexibility index (Phi) is 5.16. The molecule has 0 spiro atoms. The van der Waals surface area contributed by atoms with Crippen LogP contribution in [-0.4, -0.2) is 17.7 Å². The summed E-state index contributed by atoms with van der Waals surface area (Å²) in [5.74, 6) is 0.820. The van der Waals surface area contributed by atoms with Crippen molar-refractivity contribution in [1.82, 2.24) is 5.32 Å². The Bertz CT molecular complexity index is 750. The molecule has 1 amide bonds. The van der Waals surface area contributed by atoms with Crippen molar-refractivity contribution in [2.75, 3.05) is 0 Å². The number of hydrogen-bond donors (Lipinski definition) is 1. The maximum atomic E-state index is 12.9. The van der Waals surface area contributed by atoms with Gasteiger partial charge in [-0.25, -0.2) is 9.18 Å². The Hall–Kier alpha value is -2.56. The van der Waals surface area contributed by atoms with Crippen LogP contribution in [0, 0.1) is 5.82 Å². The summed E-state index contributed by atoms with van der Waals surface area (Å²) in [5.41, 5.74) is 1.59. The normalized spacial score (nSPS) is 18.9. The molecule has 26 heavy (non-hydrogen) atoms. The first-order chi connectivity index (χ1) is 12.3. The van der Waals surface area contributed by atoms with Gasteiger partial charge in [0.2, 0.25) is 0 Å². The number of nitrogens with one attached hydrogen (secondary N) is 1. The Morgan fingerprint density at radius 1 is 1.12 bits per heavy atom. The van der Waals surface area contributed by atoms with E-state index in [2.05, 4.69) is 5.32 Å². The van der Waals surface area contributed by atoms with E-state index in [1.807, 2.05) is 45.0 Å². The predicted molar refractivity (Wildman–Crippen MR) is 97.7 cm³/mol. The van der Waals surface area contributed by atoms with Crippen LogP contribution in [0.1, 0.15) is 44.2 Å². The third-order valence-corrected chi connectivity index (χ3v) is 4.12. The molecule has 0 saturated heterocycles. The second kappa shape index (κ2) is 7.36. The van der Waals surface area contributed by atoms with Gasteiger partial charge in [0.05, 0.1) is 0 Å². The van der Waals surface area contributed by atoms with Crippen LogP contribution < -0.4 is 10.1 Å². The number of carbonyl (C=O) groups is 1. The van der Waals surface area contributed by atoms with Crippen LogP contribution in [0.15, 0.2) is 48.5 Å². The maximum Gasteiger partial charge on any atom is 0.407 e. The number of benzene rings is 2. The maximum absolute atomic E-state index is 12.9.